The van der Waals surface area contributed by atoms with Crippen LogP contribution in [0, 0.1) is 17.1 Å². The molecule has 1 aromatic heterocycles. The van der Waals surface area contributed by atoms with Gasteiger partial charge in [-0.25, -0.2) is 14.3 Å². The van der Waals surface area contributed by atoms with Crippen molar-refractivity contribution >= 4 is 5.69 Å². The van der Waals surface area contributed by atoms with E-state index in [4.69, 9.17) is 5.26 Å². The van der Waals surface area contributed by atoms with Crippen molar-refractivity contribution < 1.29 is 4.39 Å². The van der Waals surface area contributed by atoms with Gasteiger partial charge in [0.25, 0.3) is 0 Å². The zero-order valence-corrected chi connectivity index (χ0v) is 9.33. The Hall–Kier alpha value is -2.62. The third kappa shape index (κ3) is 2.74. The first kappa shape index (κ1) is 11.9. The van der Waals surface area contributed by atoms with E-state index in [2.05, 4.69) is 20.5 Å². The molecule has 2 rings (SSSR count). The molecule has 0 radical (unpaired) electrons. The number of anilines is 1. The van der Waals surface area contributed by atoms with Crippen LogP contribution >= 0.6 is 0 Å². The maximum absolute atomic E-state index is 13.5. The molecule has 0 amide bonds. The Balaban J connectivity index is 1.94. The van der Waals surface area contributed by atoms with Gasteiger partial charge in [-0.05, 0) is 18.2 Å². The molecule has 7 heteroatoms. The van der Waals surface area contributed by atoms with E-state index >= 15 is 0 Å². The van der Waals surface area contributed by atoms with Crippen molar-refractivity contribution in [2.45, 2.75) is 6.42 Å². The quantitative estimate of drug-likeness (QED) is 0.743. The van der Waals surface area contributed by atoms with Gasteiger partial charge in [0.2, 0.25) is 0 Å². The summed E-state index contributed by atoms with van der Waals surface area (Å²) in [7, 11) is 0. The molecule has 0 saturated heterocycles. The van der Waals surface area contributed by atoms with E-state index in [0.717, 1.165) is 0 Å². The number of H-pyrrole nitrogens is 2. The number of nitrogens with one attached hydrogen (secondary N) is 3. The molecule has 0 unspecified atom stereocenters. The lowest BCUT2D eigenvalue weighted by Gasteiger charge is -2.06. The molecule has 0 spiro atoms. The normalized spacial score (nSPS) is 10.0. The number of aromatic amines is 2. The number of aromatic nitrogens is 3. The van der Waals surface area contributed by atoms with Crippen molar-refractivity contribution in [3.8, 4) is 6.07 Å². The van der Waals surface area contributed by atoms with Crippen LogP contribution in [-0.4, -0.2) is 21.7 Å². The van der Waals surface area contributed by atoms with Crippen LogP contribution in [0.2, 0.25) is 0 Å². The maximum Gasteiger partial charge on any atom is 0.340 e. The summed E-state index contributed by atoms with van der Waals surface area (Å²) >= 11 is 0. The minimum atomic E-state index is -0.482. The summed E-state index contributed by atoms with van der Waals surface area (Å²) in [6.45, 7) is 0.420. The summed E-state index contributed by atoms with van der Waals surface area (Å²) in [4.78, 5) is 13.3. The Labute approximate surface area is 101 Å². The van der Waals surface area contributed by atoms with Crippen molar-refractivity contribution in [2.75, 3.05) is 11.9 Å². The van der Waals surface area contributed by atoms with E-state index in [-0.39, 0.29) is 11.3 Å². The number of nitriles is 1. The molecule has 0 saturated carbocycles. The minimum absolute atomic E-state index is 0.273. The highest BCUT2D eigenvalue weighted by Gasteiger charge is 2.03. The van der Waals surface area contributed by atoms with Gasteiger partial charge in [0.15, 0.2) is 0 Å². The predicted molar refractivity (Wildman–Crippen MR) is 62.5 cm³/mol. The van der Waals surface area contributed by atoms with Crippen LogP contribution in [-0.2, 0) is 6.42 Å². The van der Waals surface area contributed by atoms with Gasteiger partial charge in [-0.3, -0.25) is 4.98 Å². The largest absolute Gasteiger partial charge is 0.382 e. The van der Waals surface area contributed by atoms with Crippen LogP contribution in [0.1, 0.15) is 11.4 Å². The number of benzene rings is 1. The van der Waals surface area contributed by atoms with Gasteiger partial charge in [-0.15, -0.1) is 0 Å². The molecule has 2 aromatic rings. The van der Waals surface area contributed by atoms with Gasteiger partial charge in [0.05, 0.1) is 17.3 Å². The number of hydrogen-bond acceptors (Lipinski definition) is 4. The molecule has 3 N–H and O–H groups in total. The summed E-state index contributed by atoms with van der Waals surface area (Å²) < 4.78 is 13.5. The zero-order valence-electron chi connectivity index (χ0n) is 9.33. The highest BCUT2D eigenvalue weighted by Crippen LogP contribution is 2.14. The van der Waals surface area contributed by atoms with Crippen LogP contribution in [0.25, 0.3) is 0 Å². The Kier molecular flexibility index (Phi) is 3.38. The highest BCUT2D eigenvalue weighted by atomic mass is 19.1. The molecule has 1 aromatic carbocycles. The minimum Gasteiger partial charge on any atom is -0.382 e. The number of rotatable bonds is 4. The summed E-state index contributed by atoms with van der Waals surface area (Å²) in [5.41, 5.74) is 0.219. The van der Waals surface area contributed by atoms with E-state index < -0.39 is 5.82 Å². The second-order valence-corrected chi connectivity index (χ2v) is 3.61. The monoisotopic (exact) mass is 247 g/mol. The summed E-state index contributed by atoms with van der Waals surface area (Å²) in [6, 6.07) is 6.05. The van der Waals surface area contributed by atoms with Gasteiger partial charge < -0.3 is 5.32 Å². The van der Waals surface area contributed by atoms with Gasteiger partial charge in [0, 0.05) is 13.0 Å². The van der Waals surface area contributed by atoms with E-state index in [0.29, 0.717) is 24.5 Å². The molecule has 0 atom stereocenters. The van der Waals surface area contributed by atoms with Gasteiger partial charge in [-0.2, -0.15) is 10.4 Å². The van der Waals surface area contributed by atoms with E-state index in [9.17, 15) is 9.18 Å². The average molecular weight is 247 g/mol. The second-order valence-electron chi connectivity index (χ2n) is 3.61. The molecule has 6 nitrogen and oxygen atoms in total. The topological polar surface area (TPSA) is 97.4 Å². The van der Waals surface area contributed by atoms with Crippen LogP contribution < -0.4 is 11.0 Å². The third-order valence-electron chi connectivity index (χ3n) is 2.33. The molecule has 92 valence electrons. The zero-order chi connectivity index (χ0) is 13.0. The fraction of sp³-hybridized carbons (Fsp3) is 0.182. The molecule has 0 aliphatic carbocycles. The summed E-state index contributed by atoms with van der Waals surface area (Å²) in [5.74, 6) is 0.0196. The first-order valence-electron chi connectivity index (χ1n) is 5.26. The van der Waals surface area contributed by atoms with Crippen LogP contribution in [0.5, 0.6) is 0 Å². The average Bonchev–Trinajstić information content (AvgIpc) is 2.77. The first-order chi connectivity index (χ1) is 8.69. The summed E-state index contributed by atoms with van der Waals surface area (Å²) in [6.07, 6.45) is 0.457. The molecule has 1 heterocycles. The lowest BCUT2D eigenvalue weighted by atomic mass is 10.2. The Morgan fingerprint density at radius 2 is 2.33 bits per heavy atom. The molecular formula is C11H10FN5O. The molecule has 0 aliphatic rings. The maximum atomic E-state index is 13.5. The lowest BCUT2D eigenvalue weighted by molar-refractivity contribution is 0.629. The number of hydrogen-bond donors (Lipinski definition) is 3. The van der Waals surface area contributed by atoms with Gasteiger partial charge >= 0.3 is 5.69 Å². The standard InChI is InChI=1S/C11H10FN5O/c12-8-5-7(6-13)1-2-9(8)14-4-3-10-15-11(18)17-16-10/h1-2,5,14H,3-4H2,(H2,15,16,17,18). The van der Waals surface area contributed by atoms with Crippen molar-refractivity contribution in [3.63, 3.8) is 0 Å². The van der Waals surface area contributed by atoms with Crippen molar-refractivity contribution in [2.24, 2.45) is 0 Å². The first-order valence-corrected chi connectivity index (χ1v) is 5.26. The van der Waals surface area contributed by atoms with Crippen LogP contribution in [0.15, 0.2) is 23.0 Å². The number of halogens is 1. The Morgan fingerprint density at radius 3 is 2.94 bits per heavy atom. The molecule has 18 heavy (non-hydrogen) atoms. The lowest BCUT2D eigenvalue weighted by Crippen LogP contribution is -2.08. The SMILES string of the molecule is N#Cc1ccc(NCCc2n[nH]c(=O)[nH]2)c(F)c1. The second kappa shape index (κ2) is 5.14. The van der Waals surface area contributed by atoms with E-state index in [1.54, 1.807) is 0 Å². The fourth-order valence-electron chi connectivity index (χ4n) is 1.47. The molecule has 0 fully saturated rings. The van der Waals surface area contributed by atoms with Crippen molar-refractivity contribution in [1.82, 2.24) is 15.2 Å². The van der Waals surface area contributed by atoms with E-state index in [1.165, 1.54) is 18.2 Å². The fourth-order valence-corrected chi connectivity index (χ4v) is 1.47. The highest BCUT2D eigenvalue weighted by molar-refractivity contribution is 5.48. The molecular weight excluding hydrogens is 237 g/mol. The van der Waals surface area contributed by atoms with Gasteiger partial charge in [-0.1, -0.05) is 0 Å². The van der Waals surface area contributed by atoms with Crippen LogP contribution in [0.3, 0.4) is 0 Å². The van der Waals surface area contributed by atoms with Gasteiger partial charge in [0.1, 0.15) is 11.6 Å². The smallest absolute Gasteiger partial charge is 0.340 e. The van der Waals surface area contributed by atoms with Crippen molar-refractivity contribution in [1.29, 1.82) is 5.26 Å². The van der Waals surface area contributed by atoms with Crippen molar-refractivity contribution in [3.05, 3.63) is 45.9 Å². The predicted octanol–water partition coefficient (Wildman–Crippen LogP) is 0.763. The molecule has 0 bridgehead atoms. The number of nitrogens with zero attached hydrogens (tertiary/aromatic N) is 2. The summed E-state index contributed by atoms with van der Waals surface area (Å²) in [5, 5.41) is 17.4. The van der Waals surface area contributed by atoms with E-state index in [1.807, 2.05) is 6.07 Å². The third-order valence-corrected chi connectivity index (χ3v) is 2.33. The molecule has 0 aliphatic heterocycles. The Bertz CT molecular complexity index is 639. The Morgan fingerprint density at radius 1 is 1.50 bits per heavy atom. The van der Waals surface area contributed by atoms with Crippen LogP contribution in [0.4, 0.5) is 10.1 Å².